The lowest BCUT2D eigenvalue weighted by atomic mass is 10.5. The van der Waals surface area contributed by atoms with Crippen LogP contribution in [0, 0.1) is 0 Å². The van der Waals surface area contributed by atoms with E-state index in [1.54, 1.807) is 6.92 Å². The average molecular weight is 229 g/mol. The maximum atomic E-state index is 11.3. The summed E-state index contributed by atoms with van der Waals surface area (Å²) in [7, 11) is 0.372. The predicted molar refractivity (Wildman–Crippen MR) is 54.4 cm³/mol. The minimum atomic E-state index is -0.623. The van der Waals surface area contributed by atoms with Crippen LogP contribution in [0.1, 0.15) is 30.3 Å². The maximum Gasteiger partial charge on any atom is 0.364 e. The van der Waals surface area contributed by atoms with E-state index in [4.69, 9.17) is 4.74 Å². The number of esters is 1. The highest BCUT2D eigenvalue weighted by Crippen LogP contribution is 2.41. The Morgan fingerprint density at radius 3 is 3.07 bits per heavy atom. The fourth-order valence-electron chi connectivity index (χ4n) is 1.08. The number of carbonyl (C=O) groups excluding carboxylic acids is 1. The summed E-state index contributed by atoms with van der Waals surface area (Å²) in [5.41, 5.74) is 0.498. The second kappa shape index (κ2) is 4.14. The van der Waals surface area contributed by atoms with Crippen LogP contribution >= 0.6 is 8.73 Å². The smallest absolute Gasteiger partial charge is 0.364 e. The van der Waals surface area contributed by atoms with E-state index in [1.807, 2.05) is 0 Å². The molecule has 1 saturated carbocycles. The van der Waals surface area contributed by atoms with Gasteiger partial charge >= 0.3 is 5.97 Å². The summed E-state index contributed by atoms with van der Waals surface area (Å²) in [4.78, 5) is 11.3. The summed E-state index contributed by atoms with van der Waals surface area (Å²) in [6.07, 6.45) is 2.32. The highest BCUT2D eigenvalue weighted by atomic mass is 31.1. The van der Waals surface area contributed by atoms with Gasteiger partial charge in [0.15, 0.2) is 0 Å². The number of aromatic nitrogens is 3. The zero-order valence-electron chi connectivity index (χ0n) is 8.30. The van der Waals surface area contributed by atoms with Gasteiger partial charge in [0.2, 0.25) is 11.6 Å². The molecule has 1 aromatic heterocycles. The molecule has 1 atom stereocenters. The predicted octanol–water partition coefficient (Wildman–Crippen LogP) is 0.764. The molecule has 1 aliphatic carbocycles. The summed E-state index contributed by atoms with van der Waals surface area (Å²) >= 11 is 0. The standard InChI is InChI=1S/C8H12N3O3P/c1-2-14-8(13)6-7(12)11(10-9-6)15-5-3-4-5/h5,12,15H,2-4H2,1H3. The van der Waals surface area contributed by atoms with Crippen molar-refractivity contribution in [2.75, 3.05) is 6.61 Å². The third-order valence-electron chi connectivity index (χ3n) is 2.00. The summed E-state index contributed by atoms with van der Waals surface area (Å²) < 4.78 is 6.11. The maximum absolute atomic E-state index is 11.3. The van der Waals surface area contributed by atoms with Gasteiger partial charge in [-0.3, -0.25) is 0 Å². The van der Waals surface area contributed by atoms with E-state index in [1.165, 1.54) is 4.45 Å². The summed E-state index contributed by atoms with van der Waals surface area (Å²) in [5, 5.41) is 17.0. The van der Waals surface area contributed by atoms with Gasteiger partial charge in [-0.25, -0.2) is 4.79 Å². The quantitative estimate of drug-likeness (QED) is 0.609. The van der Waals surface area contributed by atoms with Crippen LogP contribution in [0.2, 0.25) is 0 Å². The highest BCUT2D eigenvalue weighted by Gasteiger charge is 2.26. The van der Waals surface area contributed by atoms with Gasteiger partial charge in [-0.05, 0) is 25.4 Å². The lowest BCUT2D eigenvalue weighted by Crippen LogP contribution is -2.05. The topological polar surface area (TPSA) is 77.2 Å². The van der Waals surface area contributed by atoms with Crippen molar-refractivity contribution in [2.45, 2.75) is 25.4 Å². The molecule has 1 aliphatic rings. The fraction of sp³-hybridized carbons (Fsp3) is 0.625. The summed E-state index contributed by atoms with van der Waals surface area (Å²) in [5.74, 6) is -0.805. The normalized spacial score (nSPS) is 16.1. The number of carbonyl (C=O) groups is 1. The summed E-state index contributed by atoms with van der Waals surface area (Å²) in [6, 6.07) is 0. The number of aromatic hydroxyl groups is 1. The van der Waals surface area contributed by atoms with Crippen LogP contribution in [-0.2, 0) is 4.74 Å². The van der Waals surface area contributed by atoms with Crippen LogP contribution < -0.4 is 0 Å². The van der Waals surface area contributed by atoms with Gasteiger partial charge in [0.25, 0.3) is 0 Å². The third kappa shape index (κ3) is 2.26. The van der Waals surface area contributed by atoms with Crippen molar-refractivity contribution in [2.24, 2.45) is 0 Å². The minimum Gasteiger partial charge on any atom is -0.491 e. The molecule has 0 aliphatic heterocycles. The molecule has 1 N–H and O–H groups in total. The Morgan fingerprint density at radius 1 is 1.73 bits per heavy atom. The first kappa shape index (κ1) is 10.4. The van der Waals surface area contributed by atoms with E-state index in [9.17, 15) is 9.90 Å². The molecule has 1 fully saturated rings. The van der Waals surface area contributed by atoms with Crippen LogP contribution in [-0.4, -0.2) is 38.1 Å². The van der Waals surface area contributed by atoms with Gasteiger partial charge in [0.1, 0.15) is 0 Å². The van der Waals surface area contributed by atoms with Crippen molar-refractivity contribution in [3.8, 4) is 5.88 Å². The Bertz CT molecular complexity index is 375. The molecule has 1 unspecified atom stereocenters. The number of hydrogen-bond donors (Lipinski definition) is 1. The van der Waals surface area contributed by atoms with Gasteiger partial charge < -0.3 is 9.84 Å². The molecule has 15 heavy (non-hydrogen) atoms. The summed E-state index contributed by atoms with van der Waals surface area (Å²) in [6.45, 7) is 1.96. The van der Waals surface area contributed by atoms with Gasteiger partial charge in [-0.15, -0.1) is 5.10 Å². The van der Waals surface area contributed by atoms with Crippen LogP contribution in [0.25, 0.3) is 0 Å². The first-order chi connectivity index (χ1) is 7.22. The van der Waals surface area contributed by atoms with Crippen LogP contribution in [0.15, 0.2) is 0 Å². The van der Waals surface area contributed by atoms with Gasteiger partial charge in [0.05, 0.1) is 6.61 Å². The molecule has 7 heteroatoms. The monoisotopic (exact) mass is 229 g/mol. The van der Waals surface area contributed by atoms with Crippen molar-refractivity contribution < 1.29 is 14.6 Å². The molecule has 1 heterocycles. The fourth-order valence-corrected chi connectivity index (χ4v) is 2.18. The van der Waals surface area contributed by atoms with Crippen molar-refractivity contribution in [3.05, 3.63) is 5.69 Å². The number of nitrogens with zero attached hydrogens (tertiary/aromatic N) is 3. The van der Waals surface area contributed by atoms with Gasteiger partial charge in [-0.2, -0.15) is 4.45 Å². The molecule has 6 nitrogen and oxygen atoms in total. The first-order valence-electron chi connectivity index (χ1n) is 4.80. The molecule has 1 aromatic rings. The van der Waals surface area contributed by atoms with E-state index in [2.05, 4.69) is 10.3 Å². The lowest BCUT2D eigenvalue weighted by Gasteiger charge is -2.00. The average Bonchev–Trinajstić information content (AvgIpc) is 2.93. The first-order valence-corrected chi connectivity index (χ1v) is 5.83. The molecule has 82 valence electrons. The van der Waals surface area contributed by atoms with E-state index in [0.29, 0.717) is 14.4 Å². The van der Waals surface area contributed by atoms with Crippen LogP contribution in [0.3, 0.4) is 0 Å². The zero-order valence-corrected chi connectivity index (χ0v) is 9.30. The molecule has 0 amide bonds. The molecule has 0 spiro atoms. The Labute approximate surface area is 88.5 Å². The lowest BCUT2D eigenvalue weighted by molar-refractivity contribution is 0.0516. The second-order valence-corrected chi connectivity index (χ2v) is 4.80. The minimum absolute atomic E-state index is 0.0926. The van der Waals surface area contributed by atoms with E-state index in [0.717, 1.165) is 12.8 Å². The van der Waals surface area contributed by atoms with Crippen LogP contribution in [0.5, 0.6) is 5.88 Å². The number of ether oxygens (including phenoxy) is 1. The van der Waals surface area contributed by atoms with Gasteiger partial charge in [-0.1, -0.05) is 5.21 Å². The number of hydrogen-bond acceptors (Lipinski definition) is 5. The number of rotatable bonds is 4. The molecule has 0 aromatic carbocycles. The van der Waals surface area contributed by atoms with Crippen LogP contribution in [0.4, 0.5) is 0 Å². The molecular formula is C8H12N3O3P. The van der Waals surface area contributed by atoms with E-state index in [-0.39, 0.29) is 18.2 Å². The Kier molecular flexibility index (Phi) is 2.86. The van der Waals surface area contributed by atoms with Crippen molar-refractivity contribution >= 4 is 14.7 Å². The van der Waals surface area contributed by atoms with Crippen molar-refractivity contribution in [1.82, 2.24) is 14.8 Å². The largest absolute Gasteiger partial charge is 0.491 e. The van der Waals surface area contributed by atoms with E-state index < -0.39 is 5.97 Å². The van der Waals surface area contributed by atoms with Gasteiger partial charge in [0, 0.05) is 8.73 Å². The third-order valence-corrected chi connectivity index (χ3v) is 3.49. The Hall–Kier alpha value is -1.16. The molecule has 0 radical (unpaired) electrons. The van der Waals surface area contributed by atoms with E-state index >= 15 is 0 Å². The highest BCUT2D eigenvalue weighted by molar-refractivity contribution is 7.37. The molecule has 0 saturated heterocycles. The molecule has 0 bridgehead atoms. The van der Waals surface area contributed by atoms with Crippen molar-refractivity contribution in [1.29, 1.82) is 0 Å². The zero-order chi connectivity index (χ0) is 10.8. The molecule has 2 rings (SSSR count). The SMILES string of the molecule is CCOC(=O)c1nnn(PC2CC2)c1O. The van der Waals surface area contributed by atoms with Crippen molar-refractivity contribution in [3.63, 3.8) is 0 Å². The Balaban J connectivity index is 2.11. The second-order valence-electron chi connectivity index (χ2n) is 3.30. The Morgan fingerprint density at radius 2 is 2.47 bits per heavy atom. The molecular weight excluding hydrogens is 217 g/mol.